The zero-order valence-corrected chi connectivity index (χ0v) is 6.61. The maximum absolute atomic E-state index is 4.06. The molecule has 0 aromatic carbocycles. The van der Waals surface area contributed by atoms with E-state index in [0.29, 0.717) is 5.41 Å². The van der Waals surface area contributed by atoms with E-state index >= 15 is 0 Å². The van der Waals surface area contributed by atoms with Gasteiger partial charge in [-0.25, -0.2) is 0 Å². The predicted molar refractivity (Wildman–Crippen MR) is 41.1 cm³/mol. The lowest BCUT2D eigenvalue weighted by Gasteiger charge is -2.32. The molecule has 0 heteroatoms. The molecule has 1 saturated carbocycles. The summed E-state index contributed by atoms with van der Waals surface area (Å²) < 4.78 is 0. The fourth-order valence-electron chi connectivity index (χ4n) is 1.46. The molecule has 0 saturated heterocycles. The lowest BCUT2D eigenvalue weighted by Crippen LogP contribution is -2.19. The van der Waals surface area contributed by atoms with Gasteiger partial charge in [-0.3, -0.25) is 0 Å². The van der Waals surface area contributed by atoms with Crippen LogP contribution in [0.3, 0.4) is 0 Å². The molecule has 0 amide bonds. The Morgan fingerprint density at radius 3 is 2.00 bits per heavy atom. The van der Waals surface area contributed by atoms with Crippen LogP contribution in [0.2, 0.25) is 0 Å². The summed E-state index contributed by atoms with van der Waals surface area (Å²) >= 11 is 0. The van der Waals surface area contributed by atoms with Crippen molar-refractivity contribution in [2.24, 2.45) is 11.3 Å². The van der Waals surface area contributed by atoms with Crippen molar-refractivity contribution >= 4 is 0 Å². The first kappa shape index (κ1) is 7.11. The van der Waals surface area contributed by atoms with Crippen LogP contribution in [-0.4, -0.2) is 0 Å². The summed E-state index contributed by atoms with van der Waals surface area (Å²) in [6.07, 6.45) is 5.43. The van der Waals surface area contributed by atoms with E-state index in [9.17, 15) is 0 Å². The minimum atomic E-state index is 0.619. The Kier molecular flexibility index (Phi) is 1.83. The van der Waals surface area contributed by atoms with Gasteiger partial charge in [0.05, 0.1) is 0 Å². The molecule has 0 heterocycles. The topological polar surface area (TPSA) is 0 Å². The van der Waals surface area contributed by atoms with Crippen molar-refractivity contribution in [2.75, 3.05) is 0 Å². The van der Waals surface area contributed by atoms with Crippen molar-refractivity contribution in [3.8, 4) is 0 Å². The van der Waals surface area contributed by atoms with E-state index in [1.54, 1.807) is 0 Å². The maximum atomic E-state index is 4.06. The Hall–Kier alpha value is 0. The zero-order chi connectivity index (χ0) is 6.91. The normalized spacial score (nSPS) is 28.3. The average Bonchev–Trinajstić information content (AvgIpc) is 1.78. The highest BCUT2D eigenvalue weighted by atomic mass is 14.3. The average molecular weight is 125 g/mol. The third kappa shape index (κ3) is 2.00. The van der Waals surface area contributed by atoms with Crippen molar-refractivity contribution in [3.05, 3.63) is 6.92 Å². The molecule has 0 N–H and O–H groups in total. The molecule has 1 rings (SSSR count). The van der Waals surface area contributed by atoms with Gasteiger partial charge in [0.1, 0.15) is 0 Å². The zero-order valence-electron chi connectivity index (χ0n) is 6.61. The van der Waals surface area contributed by atoms with Gasteiger partial charge in [0.15, 0.2) is 0 Å². The van der Waals surface area contributed by atoms with Crippen molar-refractivity contribution < 1.29 is 0 Å². The van der Waals surface area contributed by atoms with Gasteiger partial charge in [-0.2, -0.15) is 0 Å². The van der Waals surface area contributed by atoms with Crippen molar-refractivity contribution in [2.45, 2.75) is 39.5 Å². The molecule has 0 nitrogen and oxygen atoms in total. The summed E-state index contributed by atoms with van der Waals surface area (Å²) in [6, 6.07) is 0. The van der Waals surface area contributed by atoms with Crippen LogP contribution in [0.1, 0.15) is 39.5 Å². The first-order valence-electron chi connectivity index (χ1n) is 3.93. The molecule has 53 valence electrons. The van der Waals surface area contributed by atoms with Gasteiger partial charge in [-0.05, 0) is 37.0 Å². The standard InChI is InChI=1S/C9H17/c1-8-4-6-9(2,3)7-5-8/h8H,1,4-7H2,2-3H3. The molecule has 1 fully saturated rings. The van der Waals surface area contributed by atoms with Crippen molar-refractivity contribution in [1.29, 1.82) is 0 Å². The van der Waals surface area contributed by atoms with Crippen molar-refractivity contribution in [1.82, 2.24) is 0 Å². The molecule has 0 aliphatic heterocycles. The van der Waals surface area contributed by atoms with E-state index in [-0.39, 0.29) is 0 Å². The molecule has 0 atom stereocenters. The fourth-order valence-corrected chi connectivity index (χ4v) is 1.46. The second-order valence-corrected chi connectivity index (χ2v) is 4.11. The molecule has 1 aliphatic rings. The third-order valence-corrected chi connectivity index (χ3v) is 2.46. The smallest absolute Gasteiger partial charge is 0.0354 e. The van der Waals surface area contributed by atoms with Gasteiger partial charge in [0.2, 0.25) is 0 Å². The predicted octanol–water partition coefficient (Wildman–Crippen LogP) is 3.04. The van der Waals surface area contributed by atoms with Gasteiger partial charge >= 0.3 is 0 Å². The number of hydrogen-bond acceptors (Lipinski definition) is 0. The highest BCUT2D eigenvalue weighted by molar-refractivity contribution is 4.78. The first-order chi connectivity index (χ1) is 4.10. The van der Waals surface area contributed by atoms with Crippen LogP contribution < -0.4 is 0 Å². The Morgan fingerprint density at radius 1 is 1.22 bits per heavy atom. The van der Waals surface area contributed by atoms with E-state index in [4.69, 9.17) is 0 Å². The first-order valence-corrected chi connectivity index (χ1v) is 3.93. The van der Waals surface area contributed by atoms with E-state index in [2.05, 4.69) is 20.8 Å². The molecule has 0 aromatic rings. The van der Waals surface area contributed by atoms with Gasteiger partial charge in [0.25, 0.3) is 0 Å². The highest BCUT2D eigenvalue weighted by Gasteiger charge is 2.23. The summed E-state index contributed by atoms with van der Waals surface area (Å²) in [5, 5.41) is 0. The largest absolute Gasteiger partial charge is 0.0599 e. The van der Waals surface area contributed by atoms with E-state index < -0.39 is 0 Å². The molecule has 1 aliphatic carbocycles. The van der Waals surface area contributed by atoms with Crippen LogP contribution >= 0.6 is 0 Å². The molecule has 0 bridgehead atoms. The number of hydrogen-bond donors (Lipinski definition) is 0. The summed E-state index contributed by atoms with van der Waals surface area (Å²) in [7, 11) is 0. The minimum Gasteiger partial charge on any atom is -0.0599 e. The molecule has 1 radical (unpaired) electrons. The van der Waals surface area contributed by atoms with Gasteiger partial charge in [-0.15, -0.1) is 0 Å². The molecule has 0 spiro atoms. The van der Waals surface area contributed by atoms with Gasteiger partial charge in [-0.1, -0.05) is 20.8 Å². The molecule has 0 aromatic heterocycles. The second-order valence-electron chi connectivity index (χ2n) is 4.11. The van der Waals surface area contributed by atoms with E-state index in [1.807, 2.05) is 0 Å². The Balaban J connectivity index is 2.35. The van der Waals surface area contributed by atoms with Crippen LogP contribution in [-0.2, 0) is 0 Å². The fraction of sp³-hybridized carbons (Fsp3) is 0.889. The number of rotatable bonds is 0. The van der Waals surface area contributed by atoms with Crippen molar-refractivity contribution in [3.63, 3.8) is 0 Å². The van der Waals surface area contributed by atoms with Crippen LogP contribution in [0.5, 0.6) is 0 Å². The second kappa shape index (κ2) is 2.32. The Labute approximate surface area is 58.7 Å². The van der Waals surface area contributed by atoms with Crippen LogP contribution in [0.15, 0.2) is 0 Å². The van der Waals surface area contributed by atoms with Crippen LogP contribution in [0.25, 0.3) is 0 Å². The van der Waals surface area contributed by atoms with Crippen LogP contribution in [0.4, 0.5) is 0 Å². The van der Waals surface area contributed by atoms with Crippen LogP contribution in [0, 0.1) is 18.3 Å². The lowest BCUT2D eigenvalue weighted by molar-refractivity contribution is 0.212. The van der Waals surface area contributed by atoms with Gasteiger partial charge in [0, 0.05) is 0 Å². The van der Waals surface area contributed by atoms with E-state index in [0.717, 1.165) is 5.92 Å². The third-order valence-electron chi connectivity index (χ3n) is 2.46. The van der Waals surface area contributed by atoms with Gasteiger partial charge < -0.3 is 0 Å². The minimum absolute atomic E-state index is 0.619. The Morgan fingerprint density at radius 2 is 1.67 bits per heavy atom. The molecular formula is C9H17. The molecule has 9 heavy (non-hydrogen) atoms. The molecule has 0 unspecified atom stereocenters. The SMILES string of the molecule is [CH2]C1CCC(C)(C)CC1. The summed E-state index contributed by atoms with van der Waals surface area (Å²) in [6.45, 7) is 8.78. The lowest BCUT2D eigenvalue weighted by atomic mass is 9.74. The maximum Gasteiger partial charge on any atom is -0.0354 e. The summed E-state index contributed by atoms with van der Waals surface area (Å²) in [5.41, 5.74) is 0.619. The molecular weight excluding hydrogens is 108 g/mol. The van der Waals surface area contributed by atoms with E-state index in [1.165, 1.54) is 25.7 Å². The monoisotopic (exact) mass is 125 g/mol. The highest BCUT2D eigenvalue weighted by Crippen LogP contribution is 2.37. The quantitative estimate of drug-likeness (QED) is 0.467. The Bertz CT molecular complexity index is 82.2. The summed E-state index contributed by atoms with van der Waals surface area (Å²) in [4.78, 5) is 0. The summed E-state index contributed by atoms with van der Waals surface area (Å²) in [5.74, 6) is 0.748.